The van der Waals surface area contributed by atoms with Crippen LogP contribution in [0.3, 0.4) is 0 Å². The zero-order valence-corrected chi connectivity index (χ0v) is 7.41. The molecular weight excluding hydrogens is 122 g/mol. The summed E-state index contributed by atoms with van der Waals surface area (Å²) >= 11 is 0. The van der Waals surface area contributed by atoms with Crippen LogP contribution in [0.25, 0.3) is 0 Å². The van der Waals surface area contributed by atoms with Crippen LogP contribution in [0.5, 0.6) is 0 Å². The third-order valence-corrected chi connectivity index (χ3v) is 2.01. The summed E-state index contributed by atoms with van der Waals surface area (Å²) < 4.78 is 0. The first kappa shape index (κ1) is 9.67. The zero-order valence-electron chi connectivity index (χ0n) is 7.41. The van der Waals surface area contributed by atoms with Gasteiger partial charge in [-0.15, -0.1) is 0 Å². The fourth-order valence-corrected chi connectivity index (χ4v) is 0.860. The van der Waals surface area contributed by atoms with Crippen molar-refractivity contribution in [1.29, 1.82) is 5.41 Å². The van der Waals surface area contributed by atoms with E-state index in [0.717, 1.165) is 18.6 Å². The number of rotatable bonds is 5. The van der Waals surface area contributed by atoms with Crippen molar-refractivity contribution in [3.63, 3.8) is 0 Å². The van der Waals surface area contributed by atoms with Crippen LogP contribution < -0.4 is 0 Å². The van der Waals surface area contributed by atoms with E-state index in [4.69, 9.17) is 5.41 Å². The molecule has 0 heterocycles. The predicted octanol–water partition coefficient (Wildman–Crippen LogP) is 3.24. The molecule has 0 aliphatic heterocycles. The lowest BCUT2D eigenvalue weighted by Crippen LogP contribution is -2.07. The van der Waals surface area contributed by atoms with E-state index in [9.17, 15) is 0 Å². The van der Waals surface area contributed by atoms with Gasteiger partial charge in [-0.2, -0.15) is 0 Å². The van der Waals surface area contributed by atoms with Gasteiger partial charge >= 0.3 is 0 Å². The first-order valence-corrected chi connectivity index (χ1v) is 4.29. The zero-order chi connectivity index (χ0) is 7.98. The lowest BCUT2D eigenvalue weighted by Gasteiger charge is -2.08. The Morgan fingerprint density at radius 1 is 1.40 bits per heavy atom. The molecule has 0 radical (unpaired) electrons. The van der Waals surface area contributed by atoms with Crippen molar-refractivity contribution in [2.45, 2.75) is 46.5 Å². The minimum atomic E-state index is 0.506. The maximum atomic E-state index is 7.60. The average molecular weight is 141 g/mol. The average Bonchev–Trinajstić information content (AvgIpc) is 1.98. The van der Waals surface area contributed by atoms with E-state index in [1.165, 1.54) is 12.8 Å². The van der Waals surface area contributed by atoms with Crippen LogP contribution >= 0.6 is 0 Å². The summed E-state index contributed by atoms with van der Waals surface area (Å²) in [5.41, 5.74) is 0.935. The predicted molar refractivity (Wildman–Crippen MR) is 46.7 cm³/mol. The first-order chi connectivity index (χ1) is 4.72. The molecule has 1 nitrogen and oxygen atoms in total. The minimum absolute atomic E-state index is 0.506. The fourth-order valence-electron chi connectivity index (χ4n) is 0.860. The number of hydrogen-bond acceptors (Lipinski definition) is 1. The van der Waals surface area contributed by atoms with Crippen molar-refractivity contribution in [1.82, 2.24) is 0 Å². The third kappa shape index (κ3) is 3.65. The van der Waals surface area contributed by atoms with E-state index >= 15 is 0 Å². The van der Waals surface area contributed by atoms with E-state index in [-0.39, 0.29) is 0 Å². The topological polar surface area (TPSA) is 23.9 Å². The molecule has 1 N–H and O–H groups in total. The van der Waals surface area contributed by atoms with Gasteiger partial charge < -0.3 is 5.41 Å². The molecule has 0 saturated carbocycles. The van der Waals surface area contributed by atoms with E-state index in [1.54, 1.807) is 0 Å². The maximum absolute atomic E-state index is 7.60. The molecule has 0 aromatic rings. The second-order valence-electron chi connectivity index (χ2n) is 2.94. The SMILES string of the molecule is CCCCC(=N)C(C)CC. The standard InChI is InChI=1S/C9H19N/c1-4-6-7-9(10)8(3)5-2/h8,10H,4-7H2,1-3H3. The third-order valence-electron chi connectivity index (χ3n) is 2.01. The monoisotopic (exact) mass is 141 g/mol. The highest BCUT2D eigenvalue weighted by molar-refractivity contribution is 5.83. The quantitative estimate of drug-likeness (QED) is 0.568. The molecule has 0 fully saturated rings. The van der Waals surface area contributed by atoms with Crippen LogP contribution in [-0.2, 0) is 0 Å². The Labute approximate surface area is 64.3 Å². The molecule has 0 bridgehead atoms. The molecule has 0 aliphatic rings. The summed E-state index contributed by atoms with van der Waals surface area (Å²) in [7, 11) is 0. The molecule has 1 heteroatoms. The Kier molecular flexibility index (Phi) is 5.27. The molecule has 1 atom stereocenters. The van der Waals surface area contributed by atoms with Crippen LogP contribution in [0.1, 0.15) is 46.5 Å². The smallest absolute Gasteiger partial charge is 0.0117 e. The summed E-state index contributed by atoms with van der Waals surface area (Å²) in [6.45, 7) is 6.45. The van der Waals surface area contributed by atoms with Gasteiger partial charge in [-0.3, -0.25) is 0 Å². The lowest BCUT2D eigenvalue weighted by molar-refractivity contribution is 0.698. The van der Waals surface area contributed by atoms with E-state index in [0.29, 0.717) is 5.92 Å². The summed E-state index contributed by atoms with van der Waals surface area (Å²) in [6.07, 6.45) is 4.51. The molecular formula is C9H19N. The number of nitrogens with one attached hydrogen (secondary N) is 1. The molecule has 1 unspecified atom stereocenters. The van der Waals surface area contributed by atoms with Crippen LogP contribution in [0.4, 0.5) is 0 Å². The van der Waals surface area contributed by atoms with Gasteiger partial charge in [0.05, 0.1) is 0 Å². The molecule has 10 heavy (non-hydrogen) atoms. The van der Waals surface area contributed by atoms with Gasteiger partial charge in [-0.1, -0.05) is 27.2 Å². The minimum Gasteiger partial charge on any atom is -0.309 e. The largest absolute Gasteiger partial charge is 0.309 e. The second kappa shape index (κ2) is 5.45. The van der Waals surface area contributed by atoms with Crippen molar-refractivity contribution >= 4 is 5.71 Å². The van der Waals surface area contributed by atoms with Crippen molar-refractivity contribution in [2.75, 3.05) is 0 Å². The van der Waals surface area contributed by atoms with Gasteiger partial charge in [0, 0.05) is 5.71 Å². The molecule has 0 aliphatic carbocycles. The van der Waals surface area contributed by atoms with Gasteiger partial charge in [0.25, 0.3) is 0 Å². The van der Waals surface area contributed by atoms with Gasteiger partial charge in [-0.25, -0.2) is 0 Å². The van der Waals surface area contributed by atoms with E-state index < -0.39 is 0 Å². The van der Waals surface area contributed by atoms with E-state index in [2.05, 4.69) is 20.8 Å². The Bertz CT molecular complexity index is 96.9. The summed E-state index contributed by atoms with van der Waals surface area (Å²) in [4.78, 5) is 0. The lowest BCUT2D eigenvalue weighted by atomic mass is 9.98. The van der Waals surface area contributed by atoms with Gasteiger partial charge in [0.1, 0.15) is 0 Å². The van der Waals surface area contributed by atoms with Crippen LogP contribution in [0.2, 0.25) is 0 Å². The molecule has 0 saturated heterocycles. The Morgan fingerprint density at radius 2 is 2.00 bits per heavy atom. The molecule has 60 valence electrons. The van der Waals surface area contributed by atoms with Crippen molar-refractivity contribution in [2.24, 2.45) is 5.92 Å². The van der Waals surface area contributed by atoms with Crippen LogP contribution in [0, 0.1) is 11.3 Å². The molecule has 0 spiro atoms. The van der Waals surface area contributed by atoms with Crippen molar-refractivity contribution in [3.05, 3.63) is 0 Å². The molecule has 0 rings (SSSR count). The highest BCUT2D eigenvalue weighted by Gasteiger charge is 2.04. The Morgan fingerprint density at radius 3 is 2.40 bits per heavy atom. The summed E-state index contributed by atoms with van der Waals surface area (Å²) in [6, 6.07) is 0. The normalized spacial score (nSPS) is 13.1. The highest BCUT2D eigenvalue weighted by Crippen LogP contribution is 2.08. The highest BCUT2D eigenvalue weighted by atomic mass is 14.4. The molecule has 0 amide bonds. The van der Waals surface area contributed by atoms with Crippen molar-refractivity contribution < 1.29 is 0 Å². The summed E-state index contributed by atoms with van der Waals surface area (Å²) in [5.74, 6) is 0.506. The second-order valence-corrected chi connectivity index (χ2v) is 2.94. The van der Waals surface area contributed by atoms with Gasteiger partial charge in [0.15, 0.2) is 0 Å². The fraction of sp³-hybridized carbons (Fsp3) is 0.889. The van der Waals surface area contributed by atoms with Crippen molar-refractivity contribution in [3.8, 4) is 0 Å². The Balaban J connectivity index is 3.42. The van der Waals surface area contributed by atoms with E-state index in [1.807, 2.05) is 0 Å². The number of unbranched alkanes of at least 4 members (excludes halogenated alkanes) is 1. The van der Waals surface area contributed by atoms with Gasteiger partial charge in [-0.05, 0) is 25.2 Å². The number of hydrogen-bond donors (Lipinski definition) is 1. The van der Waals surface area contributed by atoms with Crippen LogP contribution in [0.15, 0.2) is 0 Å². The van der Waals surface area contributed by atoms with Gasteiger partial charge in [0.2, 0.25) is 0 Å². The molecule has 0 aromatic carbocycles. The first-order valence-electron chi connectivity index (χ1n) is 4.29. The summed E-state index contributed by atoms with van der Waals surface area (Å²) in [5, 5.41) is 7.60. The maximum Gasteiger partial charge on any atom is 0.0117 e. The molecule has 0 aromatic heterocycles. The van der Waals surface area contributed by atoms with Crippen LogP contribution in [-0.4, -0.2) is 5.71 Å². The Hall–Kier alpha value is -0.330.